The van der Waals surface area contributed by atoms with Gasteiger partial charge in [-0.25, -0.2) is 0 Å². The largest absolute Gasteiger partial charge is 0.376 e. The highest BCUT2D eigenvalue weighted by atomic mass is 16.2. The highest BCUT2D eigenvalue weighted by Gasteiger charge is 2.20. The Kier molecular flexibility index (Phi) is 6.42. The zero-order chi connectivity index (χ0) is 19.9. The fourth-order valence-electron chi connectivity index (χ4n) is 3.44. The summed E-state index contributed by atoms with van der Waals surface area (Å²) in [5.41, 5.74) is 2.07. The first kappa shape index (κ1) is 19.6. The van der Waals surface area contributed by atoms with Gasteiger partial charge in [0.15, 0.2) is 5.78 Å². The SMILES string of the molecule is CC(=O)c1ccccc1NCC(=O)Nc1ccccc1C(=O)NC1CCCC1. The van der Waals surface area contributed by atoms with Crippen LogP contribution in [0.25, 0.3) is 0 Å². The zero-order valence-corrected chi connectivity index (χ0v) is 16.0. The first-order valence-electron chi connectivity index (χ1n) is 9.58. The van der Waals surface area contributed by atoms with Gasteiger partial charge in [-0.1, -0.05) is 37.1 Å². The van der Waals surface area contributed by atoms with Crippen molar-refractivity contribution in [1.82, 2.24) is 5.32 Å². The minimum atomic E-state index is -0.292. The third-order valence-corrected chi connectivity index (χ3v) is 4.88. The lowest BCUT2D eigenvalue weighted by Crippen LogP contribution is -2.33. The summed E-state index contributed by atoms with van der Waals surface area (Å²) in [4.78, 5) is 36.7. The molecular weight excluding hydrogens is 354 g/mol. The average molecular weight is 379 g/mol. The fraction of sp³-hybridized carbons (Fsp3) is 0.318. The van der Waals surface area contributed by atoms with Gasteiger partial charge in [0, 0.05) is 17.3 Å². The predicted molar refractivity (Wildman–Crippen MR) is 110 cm³/mol. The molecular formula is C22H25N3O3. The Morgan fingerprint density at radius 3 is 2.18 bits per heavy atom. The number of hydrogen-bond donors (Lipinski definition) is 3. The van der Waals surface area contributed by atoms with Gasteiger partial charge in [0.2, 0.25) is 5.91 Å². The number of carbonyl (C=O) groups excluding carboxylic acids is 3. The van der Waals surface area contributed by atoms with Crippen LogP contribution in [0.4, 0.5) is 11.4 Å². The third kappa shape index (κ3) is 4.97. The second-order valence-electron chi connectivity index (χ2n) is 7.00. The standard InChI is InChI=1S/C22H25N3O3/c1-15(26)17-10-4-6-12-19(17)23-14-21(27)25-20-13-7-5-11-18(20)22(28)24-16-8-2-3-9-16/h4-7,10-13,16,23H,2-3,8-9,14H2,1H3,(H,24,28)(H,25,27). The Bertz CT molecular complexity index is 873. The maximum Gasteiger partial charge on any atom is 0.253 e. The van der Waals surface area contributed by atoms with Crippen molar-refractivity contribution in [3.8, 4) is 0 Å². The maximum absolute atomic E-state index is 12.6. The van der Waals surface area contributed by atoms with Crippen LogP contribution in [0.1, 0.15) is 53.3 Å². The van der Waals surface area contributed by atoms with Crippen LogP contribution in [0.15, 0.2) is 48.5 Å². The number of rotatable bonds is 7. The van der Waals surface area contributed by atoms with Gasteiger partial charge in [-0.05, 0) is 44.0 Å². The van der Waals surface area contributed by atoms with E-state index in [1.807, 2.05) is 0 Å². The van der Waals surface area contributed by atoms with Gasteiger partial charge in [0.1, 0.15) is 0 Å². The summed E-state index contributed by atoms with van der Waals surface area (Å²) in [6.45, 7) is 1.47. The summed E-state index contributed by atoms with van der Waals surface area (Å²) in [5.74, 6) is -0.533. The van der Waals surface area contributed by atoms with Gasteiger partial charge in [-0.3, -0.25) is 14.4 Å². The molecule has 3 rings (SSSR count). The Balaban J connectivity index is 1.63. The molecule has 0 aromatic heterocycles. The molecule has 146 valence electrons. The molecule has 0 saturated heterocycles. The molecule has 0 atom stereocenters. The second kappa shape index (κ2) is 9.17. The van der Waals surface area contributed by atoms with Crippen LogP contribution >= 0.6 is 0 Å². The highest BCUT2D eigenvalue weighted by molar-refractivity contribution is 6.05. The van der Waals surface area contributed by atoms with E-state index in [0.717, 1.165) is 25.7 Å². The number of ketones is 1. The van der Waals surface area contributed by atoms with Crippen molar-refractivity contribution in [3.05, 3.63) is 59.7 Å². The van der Waals surface area contributed by atoms with Crippen molar-refractivity contribution in [2.75, 3.05) is 17.2 Å². The number of para-hydroxylation sites is 2. The van der Waals surface area contributed by atoms with E-state index in [4.69, 9.17) is 0 Å². The van der Waals surface area contributed by atoms with Gasteiger partial charge in [0.05, 0.1) is 17.8 Å². The first-order valence-corrected chi connectivity index (χ1v) is 9.58. The van der Waals surface area contributed by atoms with Crippen LogP contribution in [0.5, 0.6) is 0 Å². The predicted octanol–water partition coefficient (Wildman–Crippen LogP) is 3.61. The van der Waals surface area contributed by atoms with E-state index in [1.165, 1.54) is 6.92 Å². The van der Waals surface area contributed by atoms with E-state index < -0.39 is 0 Å². The smallest absolute Gasteiger partial charge is 0.253 e. The number of Topliss-reactive ketones (excluding diaryl/α,β-unsaturated/α-hetero) is 1. The molecule has 2 aromatic carbocycles. The zero-order valence-electron chi connectivity index (χ0n) is 16.0. The molecule has 0 heterocycles. The van der Waals surface area contributed by atoms with Gasteiger partial charge in [0.25, 0.3) is 5.91 Å². The van der Waals surface area contributed by atoms with Gasteiger partial charge in [-0.15, -0.1) is 0 Å². The molecule has 0 unspecified atom stereocenters. The number of carbonyl (C=O) groups is 3. The van der Waals surface area contributed by atoms with Crippen molar-refractivity contribution in [1.29, 1.82) is 0 Å². The molecule has 1 fully saturated rings. The molecule has 2 amide bonds. The Morgan fingerprint density at radius 1 is 0.893 bits per heavy atom. The summed E-state index contributed by atoms with van der Waals surface area (Å²) >= 11 is 0. The van der Waals surface area contributed by atoms with E-state index in [2.05, 4.69) is 16.0 Å². The first-order chi connectivity index (χ1) is 13.5. The van der Waals surface area contributed by atoms with E-state index in [9.17, 15) is 14.4 Å². The van der Waals surface area contributed by atoms with Gasteiger partial charge >= 0.3 is 0 Å². The van der Waals surface area contributed by atoms with Crippen LogP contribution in [0.3, 0.4) is 0 Å². The van der Waals surface area contributed by atoms with Crippen LogP contribution in [-0.2, 0) is 4.79 Å². The summed E-state index contributed by atoms with van der Waals surface area (Å²) in [6.07, 6.45) is 4.27. The third-order valence-electron chi connectivity index (χ3n) is 4.88. The van der Waals surface area contributed by atoms with E-state index in [0.29, 0.717) is 22.5 Å². The summed E-state index contributed by atoms with van der Waals surface area (Å²) in [5, 5.41) is 8.82. The Labute approximate surface area is 164 Å². The molecule has 28 heavy (non-hydrogen) atoms. The number of amides is 2. The van der Waals surface area contributed by atoms with Crippen LogP contribution < -0.4 is 16.0 Å². The van der Waals surface area contributed by atoms with E-state index in [1.54, 1.807) is 48.5 Å². The second-order valence-corrected chi connectivity index (χ2v) is 7.00. The van der Waals surface area contributed by atoms with Crippen molar-refractivity contribution >= 4 is 29.0 Å². The van der Waals surface area contributed by atoms with Crippen molar-refractivity contribution in [2.24, 2.45) is 0 Å². The fourth-order valence-corrected chi connectivity index (χ4v) is 3.44. The number of hydrogen-bond acceptors (Lipinski definition) is 4. The summed E-state index contributed by atoms with van der Waals surface area (Å²) in [6, 6.07) is 14.2. The molecule has 0 spiro atoms. The molecule has 0 radical (unpaired) electrons. The molecule has 0 bridgehead atoms. The molecule has 0 aliphatic heterocycles. The monoisotopic (exact) mass is 379 g/mol. The molecule has 1 aliphatic rings. The molecule has 1 aliphatic carbocycles. The lowest BCUT2D eigenvalue weighted by atomic mass is 10.1. The molecule has 6 heteroatoms. The maximum atomic E-state index is 12.6. The molecule has 1 saturated carbocycles. The molecule has 3 N–H and O–H groups in total. The summed E-state index contributed by atoms with van der Waals surface area (Å²) < 4.78 is 0. The minimum absolute atomic E-state index is 0.0110. The van der Waals surface area contributed by atoms with Gasteiger partial charge in [-0.2, -0.15) is 0 Å². The van der Waals surface area contributed by atoms with Crippen LogP contribution in [-0.4, -0.2) is 30.2 Å². The normalized spacial score (nSPS) is 13.8. The van der Waals surface area contributed by atoms with Crippen LogP contribution in [0, 0.1) is 0 Å². The lowest BCUT2D eigenvalue weighted by Gasteiger charge is -2.15. The van der Waals surface area contributed by atoms with Crippen molar-refractivity contribution in [3.63, 3.8) is 0 Å². The topological polar surface area (TPSA) is 87.3 Å². The average Bonchev–Trinajstić information content (AvgIpc) is 3.20. The number of benzene rings is 2. The Morgan fingerprint density at radius 2 is 1.50 bits per heavy atom. The van der Waals surface area contributed by atoms with Crippen molar-refractivity contribution in [2.45, 2.75) is 38.6 Å². The molecule has 2 aromatic rings. The van der Waals surface area contributed by atoms with E-state index >= 15 is 0 Å². The number of anilines is 2. The highest BCUT2D eigenvalue weighted by Crippen LogP contribution is 2.20. The minimum Gasteiger partial charge on any atom is -0.376 e. The lowest BCUT2D eigenvalue weighted by molar-refractivity contribution is -0.114. The van der Waals surface area contributed by atoms with Crippen LogP contribution in [0.2, 0.25) is 0 Å². The molecule has 6 nitrogen and oxygen atoms in total. The van der Waals surface area contributed by atoms with Gasteiger partial charge < -0.3 is 16.0 Å². The van der Waals surface area contributed by atoms with Crippen molar-refractivity contribution < 1.29 is 14.4 Å². The van der Waals surface area contributed by atoms with E-state index in [-0.39, 0.29) is 30.2 Å². The summed E-state index contributed by atoms with van der Waals surface area (Å²) in [7, 11) is 0. The quantitative estimate of drug-likeness (QED) is 0.641. The Hall–Kier alpha value is -3.15. The number of nitrogens with one attached hydrogen (secondary N) is 3.